The molecule has 30 heavy (non-hydrogen) atoms. The first-order valence-electron chi connectivity index (χ1n) is 9.36. The Kier molecular flexibility index (Phi) is 5.70. The Balaban J connectivity index is 1.45. The maximum atomic E-state index is 12.8. The fourth-order valence-electron chi connectivity index (χ4n) is 2.93. The van der Waals surface area contributed by atoms with Crippen molar-refractivity contribution in [3.8, 4) is 5.69 Å². The topological polar surface area (TPSA) is 86.4 Å². The van der Waals surface area contributed by atoms with Gasteiger partial charge in [0.05, 0.1) is 12.0 Å². The van der Waals surface area contributed by atoms with Gasteiger partial charge in [-0.25, -0.2) is 9.48 Å². The molecule has 0 radical (unpaired) electrons. The molecule has 1 N–H and O–H groups in total. The van der Waals surface area contributed by atoms with Gasteiger partial charge < -0.3 is 14.5 Å². The number of carbonyl (C=O) groups is 2. The van der Waals surface area contributed by atoms with Crippen molar-refractivity contribution in [3.63, 3.8) is 0 Å². The number of rotatable bonds is 7. The zero-order valence-electron chi connectivity index (χ0n) is 16.0. The molecule has 4 aromatic rings. The Labute approximate surface area is 172 Å². The van der Waals surface area contributed by atoms with E-state index < -0.39 is 17.9 Å². The van der Waals surface area contributed by atoms with E-state index >= 15 is 0 Å². The second-order valence-electron chi connectivity index (χ2n) is 6.49. The molecule has 7 nitrogen and oxygen atoms in total. The lowest BCUT2D eigenvalue weighted by Gasteiger charge is -2.17. The van der Waals surface area contributed by atoms with Crippen LogP contribution in [0.3, 0.4) is 0 Å². The number of furan rings is 1. The third kappa shape index (κ3) is 4.47. The van der Waals surface area contributed by atoms with E-state index in [0.717, 1.165) is 5.69 Å². The van der Waals surface area contributed by atoms with Crippen molar-refractivity contribution < 1.29 is 18.7 Å². The highest BCUT2D eigenvalue weighted by atomic mass is 16.5. The average molecular weight is 401 g/mol. The van der Waals surface area contributed by atoms with Gasteiger partial charge in [0.15, 0.2) is 11.8 Å². The summed E-state index contributed by atoms with van der Waals surface area (Å²) in [5, 5.41) is 7.09. The third-order valence-electron chi connectivity index (χ3n) is 4.42. The highest BCUT2D eigenvalue weighted by molar-refractivity contribution is 5.94. The summed E-state index contributed by atoms with van der Waals surface area (Å²) in [6, 6.07) is 22.5. The summed E-state index contributed by atoms with van der Waals surface area (Å²) < 4.78 is 12.3. The minimum atomic E-state index is -0.972. The minimum Gasteiger partial charge on any atom is -0.459 e. The molecule has 0 saturated heterocycles. The summed E-state index contributed by atoms with van der Waals surface area (Å²) in [5.41, 5.74) is 2.11. The van der Waals surface area contributed by atoms with Crippen LogP contribution in [0.5, 0.6) is 0 Å². The number of carbonyl (C=O) groups excluding carboxylic acids is 2. The molecule has 4 rings (SSSR count). The predicted molar refractivity (Wildman–Crippen MR) is 109 cm³/mol. The first kappa shape index (κ1) is 19.2. The van der Waals surface area contributed by atoms with E-state index in [1.165, 1.54) is 12.3 Å². The highest BCUT2D eigenvalue weighted by Crippen LogP contribution is 2.17. The van der Waals surface area contributed by atoms with Gasteiger partial charge in [0, 0.05) is 6.20 Å². The van der Waals surface area contributed by atoms with Gasteiger partial charge in [-0.1, -0.05) is 48.5 Å². The molecule has 0 aliphatic rings. The summed E-state index contributed by atoms with van der Waals surface area (Å²) in [5.74, 6) is -0.972. The molecular formula is C23H19N3O4. The smallest absolute Gasteiger partial charge is 0.333 e. The second kappa shape index (κ2) is 8.91. The molecule has 2 heterocycles. The van der Waals surface area contributed by atoms with Crippen LogP contribution < -0.4 is 5.32 Å². The number of hydrogen-bond donors (Lipinski definition) is 1. The fraction of sp³-hybridized carbons (Fsp3) is 0.0870. The number of para-hydroxylation sites is 1. The Bertz CT molecular complexity index is 1110. The Morgan fingerprint density at radius 3 is 2.40 bits per heavy atom. The van der Waals surface area contributed by atoms with Crippen LogP contribution in [0.4, 0.5) is 0 Å². The molecule has 1 atom stereocenters. The molecule has 7 heteroatoms. The van der Waals surface area contributed by atoms with Crippen molar-refractivity contribution >= 4 is 11.9 Å². The molecule has 2 aromatic heterocycles. The molecule has 1 amide bonds. The molecule has 2 aromatic carbocycles. The van der Waals surface area contributed by atoms with E-state index in [4.69, 9.17) is 9.15 Å². The van der Waals surface area contributed by atoms with Crippen molar-refractivity contribution in [2.45, 2.75) is 12.6 Å². The molecular weight excluding hydrogens is 382 g/mol. The largest absolute Gasteiger partial charge is 0.459 e. The molecule has 0 aliphatic carbocycles. The lowest BCUT2D eigenvalue weighted by Crippen LogP contribution is -2.34. The van der Waals surface area contributed by atoms with E-state index in [1.54, 1.807) is 47.3 Å². The molecule has 150 valence electrons. The van der Waals surface area contributed by atoms with Crippen LogP contribution in [0, 0.1) is 0 Å². The number of nitrogens with zero attached hydrogens (tertiary/aromatic N) is 2. The van der Waals surface area contributed by atoms with Crippen molar-refractivity contribution in [2.24, 2.45) is 0 Å². The summed E-state index contributed by atoms with van der Waals surface area (Å²) in [7, 11) is 0. The Morgan fingerprint density at radius 2 is 1.70 bits per heavy atom. The standard InChI is InChI=1S/C23H19N3O4/c27-22(20-12-7-15-29-20)24-21(17-8-3-1-4-9-17)23(28)30-16-18-13-14-26(25-18)19-10-5-2-6-11-19/h1-15,21H,16H2,(H,24,27). The Hall–Kier alpha value is -4.13. The molecule has 0 bridgehead atoms. The average Bonchev–Trinajstić information content (AvgIpc) is 3.49. The number of ether oxygens (including phenoxy) is 1. The normalized spacial score (nSPS) is 11.6. The Morgan fingerprint density at radius 1 is 0.967 bits per heavy atom. The summed E-state index contributed by atoms with van der Waals surface area (Å²) >= 11 is 0. The monoisotopic (exact) mass is 401 g/mol. The van der Waals surface area contributed by atoms with Gasteiger partial charge in [-0.15, -0.1) is 0 Å². The van der Waals surface area contributed by atoms with Crippen molar-refractivity contribution in [1.29, 1.82) is 0 Å². The second-order valence-corrected chi connectivity index (χ2v) is 6.49. The number of nitrogens with one attached hydrogen (secondary N) is 1. The van der Waals surface area contributed by atoms with Gasteiger partial charge >= 0.3 is 5.97 Å². The van der Waals surface area contributed by atoms with Crippen LogP contribution in [-0.2, 0) is 16.1 Å². The number of esters is 1. The minimum absolute atomic E-state index is 0.0153. The quantitative estimate of drug-likeness (QED) is 0.478. The maximum absolute atomic E-state index is 12.8. The van der Waals surface area contributed by atoms with Gasteiger partial charge in [-0.2, -0.15) is 5.10 Å². The van der Waals surface area contributed by atoms with Crippen molar-refractivity contribution in [1.82, 2.24) is 15.1 Å². The van der Waals surface area contributed by atoms with Crippen LogP contribution in [0.2, 0.25) is 0 Å². The maximum Gasteiger partial charge on any atom is 0.333 e. The third-order valence-corrected chi connectivity index (χ3v) is 4.42. The van der Waals surface area contributed by atoms with Gasteiger partial charge in [0.2, 0.25) is 0 Å². The van der Waals surface area contributed by atoms with Gasteiger partial charge in [-0.05, 0) is 35.9 Å². The number of hydrogen-bond acceptors (Lipinski definition) is 5. The number of aromatic nitrogens is 2. The zero-order valence-corrected chi connectivity index (χ0v) is 16.0. The molecule has 0 spiro atoms. The SMILES string of the molecule is O=C(NC(C(=O)OCc1ccn(-c2ccccc2)n1)c1ccccc1)c1ccco1. The molecule has 0 fully saturated rings. The highest BCUT2D eigenvalue weighted by Gasteiger charge is 2.26. The fourth-order valence-corrected chi connectivity index (χ4v) is 2.93. The van der Waals surface area contributed by atoms with Crippen LogP contribution in [0.1, 0.15) is 27.9 Å². The summed E-state index contributed by atoms with van der Waals surface area (Å²) in [6.07, 6.45) is 3.19. The summed E-state index contributed by atoms with van der Waals surface area (Å²) in [6.45, 7) is -0.0153. The van der Waals surface area contributed by atoms with Gasteiger partial charge in [0.25, 0.3) is 5.91 Å². The molecule has 0 aliphatic heterocycles. The van der Waals surface area contributed by atoms with Gasteiger partial charge in [0.1, 0.15) is 12.3 Å². The number of benzene rings is 2. The predicted octanol–water partition coefficient (Wildman–Crippen LogP) is 3.68. The molecule has 0 saturated carbocycles. The number of amides is 1. The summed E-state index contributed by atoms with van der Waals surface area (Å²) in [4.78, 5) is 25.2. The lowest BCUT2D eigenvalue weighted by atomic mass is 10.1. The van der Waals surface area contributed by atoms with E-state index in [0.29, 0.717) is 11.3 Å². The van der Waals surface area contributed by atoms with Gasteiger partial charge in [-0.3, -0.25) is 4.79 Å². The van der Waals surface area contributed by atoms with Crippen LogP contribution >= 0.6 is 0 Å². The van der Waals surface area contributed by atoms with E-state index in [2.05, 4.69) is 10.4 Å². The lowest BCUT2D eigenvalue weighted by molar-refractivity contribution is -0.147. The zero-order chi connectivity index (χ0) is 20.8. The van der Waals surface area contributed by atoms with Crippen LogP contribution in [0.15, 0.2) is 95.7 Å². The van der Waals surface area contributed by atoms with Crippen molar-refractivity contribution in [3.05, 3.63) is 108 Å². The van der Waals surface area contributed by atoms with E-state index in [9.17, 15) is 9.59 Å². The molecule has 1 unspecified atom stereocenters. The first-order valence-corrected chi connectivity index (χ1v) is 9.36. The van der Waals surface area contributed by atoms with Crippen LogP contribution in [0.25, 0.3) is 5.69 Å². The first-order chi connectivity index (χ1) is 14.7. The van der Waals surface area contributed by atoms with E-state index in [-0.39, 0.29) is 12.4 Å². The van der Waals surface area contributed by atoms with E-state index in [1.807, 2.05) is 36.4 Å². The van der Waals surface area contributed by atoms with Crippen molar-refractivity contribution in [2.75, 3.05) is 0 Å². The van der Waals surface area contributed by atoms with Crippen LogP contribution in [-0.4, -0.2) is 21.7 Å².